The molecule has 7 nitrogen and oxygen atoms in total. The van der Waals surface area contributed by atoms with Crippen LogP contribution in [-0.4, -0.2) is 41.8 Å². The zero-order chi connectivity index (χ0) is 18.2. The van der Waals surface area contributed by atoms with Crippen LogP contribution in [0.3, 0.4) is 0 Å². The van der Waals surface area contributed by atoms with Crippen LogP contribution in [-0.2, 0) is 9.16 Å². The van der Waals surface area contributed by atoms with Crippen molar-refractivity contribution in [3.63, 3.8) is 0 Å². The summed E-state index contributed by atoms with van der Waals surface area (Å²) in [5.41, 5.74) is 0.0762. The maximum Gasteiger partial charge on any atom is 0.330 e. The number of aryl methyl sites for hydroxylation is 1. The predicted molar refractivity (Wildman–Crippen MR) is 96.2 cm³/mol. The third-order valence-corrected chi connectivity index (χ3v) is 10.9. The van der Waals surface area contributed by atoms with Gasteiger partial charge in [0.15, 0.2) is 8.32 Å². The normalized spacial score (nSPS) is 28.8. The van der Waals surface area contributed by atoms with Gasteiger partial charge in [-0.05, 0) is 24.6 Å². The molecule has 3 atom stereocenters. The van der Waals surface area contributed by atoms with Crippen LogP contribution in [0.25, 0.3) is 0 Å². The van der Waals surface area contributed by atoms with E-state index in [0.717, 1.165) is 0 Å². The SMILES string of the molecule is Cc1cn([C@@H]2CC(O)[C@H](CO[Si]3(C(C)C)CCCC3)O2)c(=O)[nH]c1=O. The first-order valence-corrected chi connectivity index (χ1v) is 11.5. The molecule has 2 saturated heterocycles. The molecule has 2 aliphatic heterocycles. The quantitative estimate of drug-likeness (QED) is 0.771. The number of aliphatic hydroxyl groups is 1. The minimum atomic E-state index is -1.74. The average molecular weight is 369 g/mol. The van der Waals surface area contributed by atoms with E-state index in [2.05, 4.69) is 18.8 Å². The number of aromatic amines is 1. The highest BCUT2D eigenvalue weighted by Gasteiger charge is 2.44. The number of ether oxygens (including phenoxy) is 1. The van der Waals surface area contributed by atoms with Crippen molar-refractivity contribution >= 4 is 8.32 Å². The van der Waals surface area contributed by atoms with Crippen LogP contribution in [0.15, 0.2) is 15.8 Å². The van der Waals surface area contributed by atoms with Gasteiger partial charge in [0.1, 0.15) is 12.3 Å². The van der Waals surface area contributed by atoms with Crippen LogP contribution in [0, 0.1) is 6.92 Å². The minimum Gasteiger partial charge on any atom is -0.414 e. The highest BCUT2D eigenvalue weighted by Crippen LogP contribution is 2.40. The van der Waals surface area contributed by atoms with E-state index in [1.54, 1.807) is 6.92 Å². The lowest BCUT2D eigenvalue weighted by molar-refractivity contribution is -0.0431. The van der Waals surface area contributed by atoms with Crippen molar-refractivity contribution in [3.05, 3.63) is 32.6 Å². The molecule has 3 heterocycles. The Balaban J connectivity index is 1.69. The van der Waals surface area contributed by atoms with Crippen LogP contribution in [0.1, 0.15) is 44.9 Å². The third-order valence-electron chi connectivity index (χ3n) is 5.70. The van der Waals surface area contributed by atoms with Gasteiger partial charge < -0.3 is 14.3 Å². The Morgan fingerprint density at radius 1 is 1.40 bits per heavy atom. The summed E-state index contributed by atoms with van der Waals surface area (Å²) in [6, 6.07) is 2.35. The summed E-state index contributed by atoms with van der Waals surface area (Å²) in [6.07, 6.45) is 2.57. The fourth-order valence-corrected chi connectivity index (χ4v) is 8.17. The molecule has 0 bridgehead atoms. The van der Waals surface area contributed by atoms with E-state index in [4.69, 9.17) is 9.16 Å². The third kappa shape index (κ3) is 3.67. The molecule has 1 aromatic rings. The lowest BCUT2D eigenvalue weighted by Gasteiger charge is -2.32. The highest BCUT2D eigenvalue weighted by atomic mass is 28.4. The Morgan fingerprint density at radius 2 is 2.08 bits per heavy atom. The Hall–Kier alpha value is -1.22. The molecule has 0 radical (unpaired) electrons. The molecule has 8 heteroatoms. The van der Waals surface area contributed by atoms with Crippen LogP contribution in [0.2, 0.25) is 17.6 Å². The summed E-state index contributed by atoms with van der Waals surface area (Å²) in [4.78, 5) is 25.8. The fraction of sp³-hybridized carbons (Fsp3) is 0.765. The van der Waals surface area contributed by atoms with Gasteiger partial charge in [-0.1, -0.05) is 26.7 Å². The van der Waals surface area contributed by atoms with Gasteiger partial charge >= 0.3 is 5.69 Å². The van der Waals surface area contributed by atoms with Crippen molar-refractivity contribution in [2.75, 3.05) is 6.61 Å². The molecule has 25 heavy (non-hydrogen) atoms. The molecule has 0 saturated carbocycles. The van der Waals surface area contributed by atoms with Gasteiger partial charge in [-0.25, -0.2) is 4.79 Å². The largest absolute Gasteiger partial charge is 0.414 e. The smallest absolute Gasteiger partial charge is 0.330 e. The number of hydrogen-bond acceptors (Lipinski definition) is 5. The lowest BCUT2D eigenvalue weighted by Crippen LogP contribution is -2.42. The van der Waals surface area contributed by atoms with Crippen LogP contribution in [0.4, 0.5) is 0 Å². The molecule has 0 aliphatic carbocycles. The summed E-state index contributed by atoms with van der Waals surface area (Å²) >= 11 is 0. The number of hydrogen-bond donors (Lipinski definition) is 2. The molecule has 3 rings (SSSR count). The summed E-state index contributed by atoms with van der Waals surface area (Å²) in [7, 11) is -1.74. The van der Waals surface area contributed by atoms with E-state index >= 15 is 0 Å². The van der Waals surface area contributed by atoms with Gasteiger partial charge in [0.2, 0.25) is 0 Å². The summed E-state index contributed by atoms with van der Waals surface area (Å²) in [5, 5.41) is 10.4. The topological polar surface area (TPSA) is 93.6 Å². The van der Waals surface area contributed by atoms with Gasteiger partial charge in [-0.15, -0.1) is 0 Å². The zero-order valence-electron chi connectivity index (χ0n) is 15.2. The summed E-state index contributed by atoms with van der Waals surface area (Å²) in [5.74, 6) is 0. The molecule has 2 N–H and O–H groups in total. The van der Waals surface area contributed by atoms with E-state index in [9.17, 15) is 14.7 Å². The Bertz CT molecular complexity index is 722. The highest BCUT2D eigenvalue weighted by molar-refractivity contribution is 6.75. The average Bonchev–Trinajstić information content (AvgIpc) is 3.16. The number of aliphatic hydroxyl groups excluding tert-OH is 1. The van der Waals surface area contributed by atoms with Gasteiger partial charge in [0.25, 0.3) is 5.56 Å². The minimum absolute atomic E-state index is 0.315. The molecule has 1 aromatic heterocycles. The first-order valence-electron chi connectivity index (χ1n) is 9.12. The maximum absolute atomic E-state index is 12.0. The first kappa shape index (κ1) is 18.6. The standard InChI is InChI=1S/C17H28N2O5Si/c1-11(2)25(6-4-5-7-25)23-10-14-13(20)8-15(24-14)19-9-12(3)16(21)18-17(19)22/h9,11,13-15,20H,4-8,10H2,1-3H3,(H,18,21,22)/t13?,14-,15-/m0/s1. The monoisotopic (exact) mass is 368 g/mol. The molecule has 0 aromatic carbocycles. The van der Waals surface area contributed by atoms with Crippen molar-refractivity contribution in [2.24, 2.45) is 0 Å². The molecule has 0 amide bonds. The molecular weight excluding hydrogens is 340 g/mol. The van der Waals surface area contributed by atoms with Crippen LogP contribution in [0.5, 0.6) is 0 Å². The van der Waals surface area contributed by atoms with Gasteiger partial charge in [-0.2, -0.15) is 0 Å². The Kier molecular flexibility index (Phi) is 5.33. The lowest BCUT2D eigenvalue weighted by atomic mass is 10.2. The predicted octanol–water partition coefficient (Wildman–Crippen LogP) is 1.66. The number of rotatable bonds is 5. The van der Waals surface area contributed by atoms with Gasteiger partial charge in [-0.3, -0.25) is 14.3 Å². The van der Waals surface area contributed by atoms with Crippen molar-refractivity contribution < 1.29 is 14.3 Å². The number of nitrogens with zero attached hydrogens (tertiary/aromatic N) is 1. The second kappa shape index (κ2) is 7.18. The van der Waals surface area contributed by atoms with E-state index in [-0.39, 0.29) is 0 Å². The molecule has 140 valence electrons. The maximum atomic E-state index is 12.0. The van der Waals surface area contributed by atoms with Crippen molar-refractivity contribution in [3.8, 4) is 0 Å². The first-order chi connectivity index (χ1) is 11.8. The van der Waals surface area contributed by atoms with Crippen LogP contribution < -0.4 is 11.2 Å². The Morgan fingerprint density at radius 3 is 2.72 bits per heavy atom. The van der Waals surface area contributed by atoms with Crippen molar-refractivity contribution in [2.45, 2.75) is 76.1 Å². The van der Waals surface area contributed by atoms with Gasteiger partial charge in [0, 0.05) is 18.2 Å². The van der Waals surface area contributed by atoms with Gasteiger partial charge in [0.05, 0.1) is 12.7 Å². The number of nitrogens with one attached hydrogen (secondary N) is 1. The summed E-state index contributed by atoms with van der Waals surface area (Å²) in [6.45, 7) is 6.47. The number of aromatic nitrogens is 2. The molecule has 2 fully saturated rings. The molecule has 2 aliphatic rings. The van der Waals surface area contributed by atoms with E-state index in [0.29, 0.717) is 24.1 Å². The number of H-pyrrole nitrogens is 1. The second-order valence-electron chi connectivity index (χ2n) is 7.65. The van der Waals surface area contributed by atoms with E-state index in [1.807, 2.05) is 0 Å². The van der Waals surface area contributed by atoms with Crippen molar-refractivity contribution in [1.29, 1.82) is 0 Å². The van der Waals surface area contributed by atoms with Crippen LogP contribution >= 0.6 is 0 Å². The van der Waals surface area contributed by atoms with E-state index < -0.39 is 38.0 Å². The zero-order valence-corrected chi connectivity index (χ0v) is 16.2. The fourth-order valence-electron chi connectivity index (χ4n) is 3.95. The Labute approximate surface area is 148 Å². The molecule has 0 spiro atoms. The summed E-state index contributed by atoms with van der Waals surface area (Å²) < 4.78 is 13.6. The van der Waals surface area contributed by atoms with Crippen molar-refractivity contribution in [1.82, 2.24) is 9.55 Å². The second-order valence-corrected chi connectivity index (χ2v) is 12.2. The molecule has 1 unspecified atom stereocenters. The molecular formula is C17H28N2O5Si. The van der Waals surface area contributed by atoms with E-state index in [1.165, 1.54) is 35.7 Å².